The largest absolute Gasteiger partial charge is 0.573 e. The first-order valence-corrected chi connectivity index (χ1v) is 13.1. The van der Waals surface area contributed by atoms with E-state index in [4.69, 9.17) is 0 Å². The minimum absolute atomic E-state index is 0.0206. The van der Waals surface area contributed by atoms with E-state index in [1.165, 1.54) is 43.5 Å². The molecule has 0 unspecified atom stereocenters. The van der Waals surface area contributed by atoms with Gasteiger partial charge in [0.2, 0.25) is 0 Å². The molecule has 0 atom stereocenters. The summed E-state index contributed by atoms with van der Waals surface area (Å²) < 4.78 is 110. The summed E-state index contributed by atoms with van der Waals surface area (Å²) in [5, 5.41) is 4.08. The molecule has 0 saturated heterocycles. The van der Waals surface area contributed by atoms with E-state index in [1.54, 1.807) is 0 Å². The lowest BCUT2D eigenvalue weighted by Crippen LogP contribution is -2.29. The minimum atomic E-state index is -4.89. The van der Waals surface area contributed by atoms with Gasteiger partial charge in [-0.3, -0.25) is 0 Å². The molecular formula is C24H18F6N4O4S. The molecule has 0 spiro atoms. The summed E-state index contributed by atoms with van der Waals surface area (Å²) in [5.41, 5.74) is -2.57. The zero-order valence-electron chi connectivity index (χ0n) is 19.9. The highest BCUT2D eigenvalue weighted by Crippen LogP contribution is 2.58. The molecular weight excluding hydrogens is 554 g/mol. The van der Waals surface area contributed by atoms with Gasteiger partial charge in [-0.05, 0) is 48.2 Å². The van der Waals surface area contributed by atoms with Gasteiger partial charge in [-0.25, -0.2) is 22.6 Å². The maximum atomic E-state index is 13.6. The van der Waals surface area contributed by atoms with Crippen molar-refractivity contribution in [2.75, 3.05) is 5.75 Å². The first-order valence-electron chi connectivity index (χ1n) is 11.4. The van der Waals surface area contributed by atoms with E-state index >= 15 is 0 Å². The molecule has 1 saturated carbocycles. The van der Waals surface area contributed by atoms with Crippen LogP contribution in [0, 0.1) is 0 Å². The third kappa shape index (κ3) is 4.75. The molecule has 0 N–H and O–H groups in total. The molecule has 3 aromatic heterocycles. The Morgan fingerprint density at radius 1 is 1.00 bits per heavy atom. The van der Waals surface area contributed by atoms with Crippen molar-refractivity contribution in [1.29, 1.82) is 0 Å². The van der Waals surface area contributed by atoms with E-state index in [1.807, 2.05) is 0 Å². The highest BCUT2D eigenvalue weighted by Gasteiger charge is 2.64. The van der Waals surface area contributed by atoms with Gasteiger partial charge in [-0.1, -0.05) is 25.1 Å². The van der Waals surface area contributed by atoms with Gasteiger partial charge in [0, 0.05) is 18.0 Å². The molecule has 5 rings (SSSR count). The van der Waals surface area contributed by atoms with Crippen LogP contribution in [0.2, 0.25) is 0 Å². The molecule has 1 aliphatic carbocycles. The topological polar surface area (TPSA) is 95.6 Å². The Hall–Kier alpha value is -3.88. The first kappa shape index (κ1) is 26.7. The van der Waals surface area contributed by atoms with E-state index < -0.39 is 44.1 Å². The standard InChI is InChI=1S/C24H18F6N4O4S/c1-2-39(36,37)18-11-15(14-3-6-17(7-4-14)38-24(28,29)30)12-31-20(18)34-21(35)33-13-16(5-8-19(33)32-34)22(9-10-22)23(25,26)27/h3-8,11-13H,2,9-10H2,1H3. The van der Waals surface area contributed by atoms with E-state index in [-0.39, 0.29) is 41.2 Å². The number of hydrogen-bond donors (Lipinski definition) is 0. The first-order chi connectivity index (χ1) is 18.1. The van der Waals surface area contributed by atoms with Crippen molar-refractivity contribution in [2.45, 2.75) is 42.6 Å². The van der Waals surface area contributed by atoms with Crippen molar-refractivity contribution in [1.82, 2.24) is 19.2 Å². The van der Waals surface area contributed by atoms with Crippen LogP contribution < -0.4 is 10.4 Å². The van der Waals surface area contributed by atoms with Gasteiger partial charge in [0.25, 0.3) is 0 Å². The number of nitrogens with zero attached hydrogens (tertiary/aromatic N) is 4. The Labute approximate surface area is 216 Å². The average molecular weight is 572 g/mol. The van der Waals surface area contributed by atoms with Gasteiger partial charge < -0.3 is 4.74 Å². The molecule has 3 heterocycles. The summed E-state index contributed by atoms with van der Waals surface area (Å²) in [6, 6.07) is 8.31. The molecule has 1 aliphatic rings. The molecule has 39 heavy (non-hydrogen) atoms. The molecule has 0 radical (unpaired) electrons. The molecule has 206 valence electrons. The van der Waals surface area contributed by atoms with Crippen molar-refractivity contribution < 1.29 is 39.5 Å². The van der Waals surface area contributed by atoms with Crippen molar-refractivity contribution in [2.24, 2.45) is 0 Å². The maximum Gasteiger partial charge on any atom is 0.573 e. The summed E-state index contributed by atoms with van der Waals surface area (Å²) in [4.78, 5) is 16.9. The summed E-state index contributed by atoms with van der Waals surface area (Å²) in [7, 11) is -4.03. The van der Waals surface area contributed by atoms with Gasteiger partial charge in [-0.2, -0.15) is 17.9 Å². The fourth-order valence-electron chi connectivity index (χ4n) is 4.24. The van der Waals surface area contributed by atoms with E-state index in [0.29, 0.717) is 10.2 Å². The van der Waals surface area contributed by atoms with Crippen molar-refractivity contribution in [3.05, 3.63) is 70.9 Å². The SMILES string of the molecule is CCS(=O)(=O)c1cc(-c2ccc(OC(F)(F)F)cc2)cnc1-n1nc2ccc(C3(C(F)(F)F)CC3)cn2c1=O. The zero-order chi connectivity index (χ0) is 28.4. The number of aromatic nitrogens is 4. The predicted molar refractivity (Wildman–Crippen MR) is 125 cm³/mol. The second kappa shape index (κ2) is 8.83. The van der Waals surface area contributed by atoms with Crippen LogP contribution in [0.15, 0.2) is 64.5 Å². The van der Waals surface area contributed by atoms with E-state index in [0.717, 1.165) is 22.7 Å². The molecule has 4 aromatic rings. The monoisotopic (exact) mass is 572 g/mol. The number of hydrogen-bond acceptors (Lipinski definition) is 6. The molecule has 0 amide bonds. The third-order valence-corrected chi connectivity index (χ3v) is 8.26. The molecule has 15 heteroatoms. The van der Waals surface area contributed by atoms with Gasteiger partial charge in [0.15, 0.2) is 21.3 Å². The fraction of sp³-hybridized carbons (Fsp3) is 0.292. The lowest BCUT2D eigenvalue weighted by Gasteiger charge is -2.19. The average Bonchev–Trinajstić information content (AvgIpc) is 3.63. The Morgan fingerprint density at radius 3 is 2.23 bits per heavy atom. The molecule has 0 aliphatic heterocycles. The van der Waals surface area contributed by atoms with Gasteiger partial charge >= 0.3 is 18.2 Å². The highest BCUT2D eigenvalue weighted by atomic mass is 32.2. The minimum Gasteiger partial charge on any atom is -0.406 e. The molecule has 1 fully saturated rings. The predicted octanol–water partition coefficient (Wildman–Crippen LogP) is 4.83. The summed E-state index contributed by atoms with van der Waals surface area (Å²) >= 11 is 0. The van der Waals surface area contributed by atoms with E-state index in [9.17, 15) is 39.6 Å². The van der Waals surface area contributed by atoms with Gasteiger partial charge in [-0.15, -0.1) is 18.3 Å². The van der Waals surface area contributed by atoms with Gasteiger partial charge in [0.05, 0.1) is 11.2 Å². The van der Waals surface area contributed by atoms with Crippen LogP contribution in [-0.4, -0.2) is 45.9 Å². The number of fused-ring (bicyclic) bond motifs is 1. The van der Waals surface area contributed by atoms with Crippen molar-refractivity contribution in [3.63, 3.8) is 0 Å². The second-order valence-electron chi connectivity index (χ2n) is 8.94. The maximum absolute atomic E-state index is 13.6. The van der Waals surface area contributed by atoms with Crippen LogP contribution in [0.5, 0.6) is 5.75 Å². The third-order valence-electron chi connectivity index (χ3n) is 6.53. The van der Waals surface area contributed by atoms with Crippen LogP contribution in [-0.2, 0) is 15.3 Å². The summed E-state index contributed by atoms with van der Waals surface area (Å²) in [5.74, 6) is -1.24. The molecule has 8 nitrogen and oxygen atoms in total. The van der Waals surface area contributed by atoms with Crippen LogP contribution in [0.1, 0.15) is 25.3 Å². The lowest BCUT2D eigenvalue weighted by molar-refractivity contribution is -0.274. The number of alkyl halides is 6. The smallest absolute Gasteiger partial charge is 0.406 e. The van der Waals surface area contributed by atoms with Crippen LogP contribution >= 0.6 is 0 Å². The summed E-state index contributed by atoms with van der Waals surface area (Å²) in [6.07, 6.45) is -7.37. The number of ether oxygens (including phenoxy) is 1. The fourth-order valence-corrected chi connectivity index (χ4v) is 5.28. The van der Waals surface area contributed by atoms with Crippen molar-refractivity contribution >= 4 is 15.5 Å². The number of rotatable bonds is 6. The number of halogens is 6. The summed E-state index contributed by atoms with van der Waals surface area (Å²) in [6.45, 7) is 1.36. The zero-order valence-corrected chi connectivity index (χ0v) is 20.7. The molecule has 0 bridgehead atoms. The number of sulfone groups is 1. The normalized spacial score (nSPS) is 15.5. The van der Waals surface area contributed by atoms with Crippen molar-refractivity contribution in [3.8, 4) is 22.7 Å². The van der Waals surface area contributed by atoms with Crippen LogP contribution in [0.4, 0.5) is 26.3 Å². The Bertz CT molecular complexity index is 1740. The number of benzene rings is 1. The number of pyridine rings is 2. The van der Waals surface area contributed by atoms with Gasteiger partial charge in [0.1, 0.15) is 10.6 Å². The Balaban J connectivity index is 1.60. The van der Waals surface area contributed by atoms with Crippen LogP contribution in [0.3, 0.4) is 0 Å². The quantitative estimate of drug-likeness (QED) is 0.307. The van der Waals surface area contributed by atoms with E-state index in [2.05, 4.69) is 14.8 Å². The highest BCUT2D eigenvalue weighted by molar-refractivity contribution is 7.91. The Kier molecular flexibility index (Phi) is 6.05. The Morgan fingerprint density at radius 2 is 1.67 bits per heavy atom. The lowest BCUT2D eigenvalue weighted by atomic mass is 9.97. The second-order valence-corrected chi connectivity index (χ2v) is 11.2. The van der Waals surface area contributed by atoms with Crippen LogP contribution in [0.25, 0.3) is 22.6 Å². The molecule has 1 aromatic carbocycles.